The third kappa shape index (κ3) is 3.57. The summed E-state index contributed by atoms with van der Waals surface area (Å²) in [5, 5.41) is 25.0. The molecular weight excluding hydrogens is 390 g/mol. The molecule has 0 amide bonds. The highest BCUT2D eigenvalue weighted by Crippen LogP contribution is 2.33. The van der Waals surface area contributed by atoms with Gasteiger partial charge in [-0.15, -0.1) is 5.10 Å². The van der Waals surface area contributed by atoms with Crippen LogP contribution in [-0.2, 0) is 9.84 Å². The molecule has 3 aromatic carbocycles. The van der Waals surface area contributed by atoms with Crippen molar-refractivity contribution in [1.82, 2.24) is 14.8 Å². The molecule has 0 aliphatic heterocycles. The Balaban J connectivity index is 1.92. The van der Waals surface area contributed by atoms with Crippen molar-refractivity contribution in [2.24, 2.45) is 0 Å². The van der Waals surface area contributed by atoms with Crippen molar-refractivity contribution < 1.29 is 18.6 Å². The molecule has 1 heterocycles. The van der Waals surface area contributed by atoms with Crippen molar-refractivity contribution in [2.45, 2.75) is 4.90 Å². The average molecular weight is 407 g/mol. The lowest BCUT2D eigenvalue weighted by molar-refractivity contribution is 0.476. The molecule has 0 atom stereocenters. The van der Waals surface area contributed by atoms with Crippen LogP contribution in [0.15, 0.2) is 77.7 Å². The fraction of sp³-hybridized carbons (Fsp3) is 0.0476. The Morgan fingerprint density at radius 1 is 0.793 bits per heavy atom. The number of phenolic OH excluding ortho intramolecular Hbond substituents is 2. The number of aromatic nitrogens is 3. The lowest BCUT2D eigenvalue weighted by Crippen LogP contribution is -2.02. The monoisotopic (exact) mass is 407 g/mol. The van der Waals surface area contributed by atoms with Crippen LogP contribution in [0.3, 0.4) is 0 Å². The smallest absolute Gasteiger partial charge is 0.185 e. The van der Waals surface area contributed by atoms with Crippen LogP contribution in [0.25, 0.3) is 28.5 Å². The van der Waals surface area contributed by atoms with Crippen LogP contribution in [0, 0.1) is 0 Å². The molecule has 0 bridgehead atoms. The van der Waals surface area contributed by atoms with E-state index in [2.05, 4.69) is 10.1 Å². The van der Waals surface area contributed by atoms with E-state index in [-0.39, 0.29) is 22.2 Å². The van der Waals surface area contributed by atoms with E-state index in [9.17, 15) is 18.6 Å². The van der Waals surface area contributed by atoms with E-state index in [1.54, 1.807) is 54.6 Å². The number of sulfone groups is 1. The van der Waals surface area contributed by atoms with Crippen molar-refractivity contribution >= 4 is 9.84 Å². The molecule has 2 N–H and O–H groups in total. The summed E-state index contributed by atoms with van der Waals surface area (Å²) in [6.07, 6.45) is 1.14. The van der Waals surface area contributed by atoms with Gasteiger partial charge < -0.3 is 10.2 Å². The minimum absolute atomic E-state index is 0.0257. The van der Waals surface area contributed by atoms with Gasteiger partial charge in [0.05, 0.1) is 21.7 Å². The van der Waals surface area contributed by atoms with Gasteiger partial charge in [-0.1, -0.05) is 24.3 Å². The number of phenols is 2. The molecule has 0 aliphatic carbocycles. The summed E-state index contributed by atoms with van der Waals surface area (Å²) < 4.78 is 25.0. The van der Waals surface area contributed by atoms with Crippen molar-refractivity contribution in [2.75, 3.05) is 6.26 Å². The Labute approximate surface area is 167 Å². The van der Waals surface area contributed by atoms with Gasteiger partial charge in [0.1, 0.15) is 11.5 Å². The molecule has 4 aromatic rings. The maximum absolute atomic E-state index is 11.7. The van der Waals surface area contributed by atoms with Crippen molar-refractivity contribution in [3.05, 3.63) is 72.8 Å². The first-order valence-electron chi connectivity index (χ1n) is 8.69. The zero-order valence-electron chi connectivity index (χ0n) is 15.4. The van der Waals surface area contributed by atoms with Crippen LogP contribution in [0.4, 0.5) is 0 Å². The van der Waals surface area contributed by atoms with E-state index in [1.165, 1.54) is 22.9 Å². The zero-order valence-corrected chi connectivity index (χ0v) is 16.2. The summed E-state index contributed by atoms with van der Waals surface area (Å²) in [6.45, 7) is 0. The Morgan fingerprint density at radius 3 is 1.90 bits per heavy atom. The number of aromatic hydroxyl groups is 2. The van der Waals surface area contributed by atoms with Crippen molar-refractivity contribution in [1.29, 1.82) is 0 Å². The first-order valence-corrected chi connectivity index (χ1v) is 10.6. The van der Waals surface area contributed by atoms with Gasteiger partial charge in [-0.25, -0.2) is 18.1 Å². The quantitative estimate of drug-likeness (QED) is 0.537. The summed E-state index contributed by atoms with van der Waals surface area (Å²) >= 11 is 0. The first-order chi connectivity index (χ1) is 13.8. The van der Waals surface area contributed by atoms with Gasteiger partial charge in [-0.05, 0) is 48.5 Å². The second-order valence-corrected chi connectivity index (χ2v) is 8.49. The molecule has 0 unspecified atom stereocenters. The molecule has 0 fully saturated rings. The van der Waals surface area contributed by atoms with Gasteiger partial charge in [0, 0.05) is 6.26 Å². The van der Waals surface area contributed by atoms with Crippen LogP contribution in [0.5, 0.6) is 11.5 Å². The highest BCUT2D eigenvalue weighted by molar-refractivity contribution is 7.90. The van der Waals surface area contributed by atoms with Crippen LogP contribution in [0.2, 0.25) is 0 Å². The first kappa shape index (κ1) is 18.7. The number of para-hydroxylation sites is 2. The number of hydrogen-bond donors (Lipinski definition) is 2. The molecule has 8 heteroatoms. The lowest BCUT2D eigenvalue weighted by Gasteiger charge is -2.08. The molecule has 0 spiro atoms. The number of rotatable bonds is 4. The van der Waals surface area contributed by atoms with E-state index in [1.807, 2.05) is 0 Å². The maximum Gasteiger partial charge on any atom is 0.185 e. The van der Waals surface area contributed by atoms with Crippen molar-refractivity contribution in [3.8, 4) is 40.0 Å². The van der Waals surface area contributed by atoms with Crippen molar-refractivity contribution in [3.63, 3.8) is 0 Å². The van der Waals surface area contributed by atoms with Crippen LogP contribution >= 0.6 is 0 Å². The molecule has 0 saturated carbocycles. The third-order valence-corrected chi connectivity index (χ3v) is 5.53. The second-order valence-electron chi connectivity index (χ2n) is 6.47. The SMILES string of the molecule is CS(=O)(=O)c1ccc(-n2nc(-c3ccccc3O)nc2-c2ccccc2O)cc1. The van der Waals surface area contributed by atoms with Gasteiger partial charge in [0.25, 0.3) is 0 Å². The third-order valence-electron chi connectivity index (χ3n) is 4.41. The van der Waals surface area contributed by atoms with Gasteiger partial charge in [-0.3, -0.25) is 0 Å². The highest BCUT2D eigenvalue weighted by atomic mass is 32.2. The van der Waals surface area contributed by atoms with E-state index in [0.717, 1.165) is 6.26 Å². The van der Waals surface area contributed by atoms with Gasteiger partial charge in [0.15, 0.2) is 21.5 Å². The van der Waals surface area contributed by atoms with Crippen LogP contribution in [0.1, 0.15) is 0 Å². The summed E-state index contributed by atoms with van der Waals surface area (Å²) in [4.78, 5) is 4.72. The molecule has 4 rings (SSSR count). The Morgan fingerprint density at radius 2 is 1.34 bits per heavy atom. The van der Waals surface area contributed by atoms with E-state index in [0.29, 0.717) is 22.6 Å². The second kappa shape index (κ2) is 7.06. The summed E-state index contributed by atoms with van der Waals surface area (Å²) in [5.41, 5.74) is 1.45. The molecule has 0 saturated heterocycles. The van der Waals surface area contributed by atoms with Gasteiger partial charge in [-0.2, -0.15) is 0 Å². The Hall–Kier alpha value is -3.65. The topological polar surface area (TPSA) is 105 Å². The summed E-state index contributed by atoms with van der Waals surface area (Å²) in [7, 11) is -3.33. The maximum atomic E-state index is 11.7. The van der Waals surface area contributed by atoms with Crippen LogP contribution < -0.4 is 0 Å². The number of nitrogens with zero attached hydrogens (tertiary/aromatic N) is 3. The molecule has 0 radical (unpaired) electrons. The fourth-order valence-corrected chi connectivity index (χ4v) is 3.57. The van der Waals surface area contributed by atoms with Crippen LogP contribution in [-0.4, -0.2) is 39.7 Å². The largest absolute Gasteiger partial charge is 0.507 e. The van der Waals surface area contributed by atoms with E-state index in [4.69, 9.17) is 0 Å². The average Bonchev–Trinajstić information content (AvgIpc) is 3.13. The molecule has 29 heavy (non-hydrogen) atoms. The molecular formula is C21H17N3O4S. The molecule has 146 valence electrons. The number of hydrogen-bond acceptors (Lipinski definition) is 6. The Kier molecular flexibility index (Phi) is 4.56. The summed E-state index contributed by atoms with van der Waals surface area (Å²) in [6, 6.07) is 19.6. The normalized spacial score (nSPS) is 11.5. The zero-order chi connectivity index (χ0) is 20.6. The van der Waals surface area contributed by atoms with E-state index < -0.39 is 9.84 Å². The molecule has 1 aromatic heterocycles. The van der Waals surface area contributed by atoms with Gasteiger partial charge in [0.2, 0.25) is 0 Å². The molecule has 0 aliphatic rings. The summed E-state index contributed by atoms with van der Waals surface area (Å²) in [5.74, 6) is 0.681. The predicted octanol–water partition coefficient (Wildman–Crippen LogP) is 3.42. The standard InChI is InChI=1S/C21H17N3O4S/c1-29(27,28)15-12-10-14(11-13-15)24-21(17-7-3-5-9-19(17)26)22-20(23-24)16-6-2-4-8-18(16)25/h2-13,25-26H,1H3. The van der Waals surface area contributed by atoms with Gasteiger partial charge >= 0.3 is 0 Å². The van der Waals surface area contributed by atoms with E-state index >= 15 is 0 Å². The Bertz CT molecular complexity index is 1300. The minimum atomic E-state index is -3.33. The number of benzene rings is 3. The predicted molar refractivity (Wildman–Crippen MR) is 109 cm³/mol. The highest BCUT2D eigenvalue weighted by Gasteiger charge is 2.19. The minimum Gasteiger partial charge on any atom is -0.507 e. The lowest BCUT2D eigenvalue weighted by atomic mass is 10.1. The molecule has 7 nitrogen and oxygen atoms in total. The fourth-order valence-electron chi connectivity index (χ4n) is 2.94.